The van der Waals surface area contributed by atoms with Crippen molar-refractivity contribution in [3.8, 4) is 0 Å². The zero-order chi connectivity index (χ0) is 13.8. The number of carbonyl (C=O) groups is 1. The third kappa shape index (κ3) is 2.89. The largest absolute Gasteiger partial charge is 0.395 e. The molecule has 19 heavy (non-hydrogen) atoms. The molecular formula is C15H22N2O2. The number of hydrogen-bond donors (Lipinski definition) is 2. The van der Waals surface area contributed by atoms with Crippen molar-refractivity contribution in [2.75, 3.05) is 25.0 Å². The van der Waals surface area contributed by atoms with Gasteiger partial charge in [0.25, 0.3) is 5.91 Å². The molecule has 2 rings (SSSR count). The molecule has 1 amide bonds. The van der Waals surface area contributed by atoms with Crippen LogP contribution in [0.15, 0.2) is 18.2 Å². The van der Waals surface area contributed by atoms with E-state index in [0.717, 1.165) is 30.6 Å². The Bertz CT molecular complexity index is 457. The molecule has 1 aromatic carbocycles. The maximum absolute atomic E-state index is 12.6. The van der Waals surface area contributed by atoms with E-state index in [0.29, 0.717) is 6.54 Å². The molecule has 1 aliphatic rings. The number of carbonyl (C=O) groups excluding carboxylic acids is 1. The number of anilines is 1. The fourth-order valence-corrected chi connectivity index (χ4v) is 2.54. The summed E-state index contributed by atoms with van der Waals surface area (Å²) in [7, 11) is 0. The zero-order valence-electron chi connectivity index (χ0n) is 11.6. The van der Waals surface area contributed by atoms with Gasteiger partial charge in [0.05, 0.1) is 17.9 Å². The smallest absolute Gasteiger partial charge is 0.256 e. The number of rotatable bonds is 4. The van der Waals surface area contributed by atoms with Crippen LogP contribution in [0.1, 0.15) is 36.2 Å². The molecule has 0 fully saturated rings. The van der Waals surface area contributed by atoms with Crippen LogP contribution in [0.5, 0.6) is 0 Å². The molecule has 4 heteroatoms. The number of nitrogens with zero attached hydrogens (tertiary/aromatic N) is 1. The Hall–Kier alpha value is -1.55. The Morgan fingerprint density at radius 1 is 1.47 bits per heavy atom. The first kappa shape index (κ1) is 13.9. The van der Waals surface area contributed by atoms with Crippen LogP contribution < -0.4 is 5.32 Å². The molecule has 0 bridgehead atoms. The van der Waals surface area contributed by atoms with E-state index in [4.69, 9.17) is 5.11 Å². The molecule has 1 aromatic rings. The van der Waals surface area contributed by atoms with Crippen molar-refractivity contribution in [3.63, 3.8) is 0 Å². The predicted octanol–water partition coefficient (Wildman–Crippen LogP) is 1.89. The van der Waals surface area contributed by atoms with E-state index in [1.54, 1.807) is 4.90 Å². The monoisotopic (exact) mass is 262 g/mol. The molecule has 2 N–H and O–H groups in total. The minimum Gasteiger partial charge on any atom is -0.395 e. The van der Waals surface area contributed by atoms with E-state index < -0.39 is 0 Å². The minimum absolute atomic E-state index is 0.00435. The summed E-state index contributed by atoms with van der Waals surface area (Å²) in [6.07, 6.45) is 2.13. The molecule has 104 valence electrons. The highest BCUT2D eigenvalue weighted by Crippen LogP contribution is 2.27. The first-order valence-corrected chi connectivity index (χ1v) is 6.92. The third-order valence-electron chi connectivity index (χ3n) is 3.53. The van der Waals surface area contributed by atoms with E-state index in [-0.39, 0.29) is 18.6 Å². The van der Waals surface area contributed by atoms with Gasteiger partial charge in [-0.15, -0.1) is 0 Å². The number of nitrogens with one attached hydrogen (secondary N) is 1. The van der Waals surface area contributed by atoms with Gasteiger partial charge in [0.15, 0.2) is 0 Å². The second-order valence-corrected chi connectivity index (χ2v) is 5.19. The van der Waals surface area contributed by atoms with Crippen LogP contribution in [0.4, 0.5) is 5.69 Å². The van der Waals surface area contributed by atoms with Crippen molar-refractivity contribution < 1.29 is 9.90 Å². The number of aryl methyl sites for hydroxylation is 1. The van der Waals surface area contributed by atoms with Crippen LogP contribution in [0.3, 0.4) is 0 Å². The Balaban J connectivity index is 2.32. The summed E-state index contributed by atoms with van der Waals surface area (Å²) < 4.78 is 0. The summed E-state index contributed by atoms with van der Waals surface area (Å²) in [6, 6.07) is 5.96. The lowest BCUT2D eigenvalue weighted by Gasteiger charge is -2.28. The average Bonchev–Trinajstić information content (AvgIpc) is 2.43. The molecule has 0 saturated heterocycles. The van der Waals surface area contributed by atoms with E-state index >= 15 is 0 Å². The maximum atomic E-state index is 12.6. The van der Waals surface area contributed by atoms with E-state index in [2.05, 4.69) is 11.4 Å². The molecule has 0 aliphatic carbocycles. The SMILES string of the molecule is CC(C)N(CCO)C(=O)c1cccc2c1NCCC2. The van der Waals surface area contributed by atoms with Crippen LogP contribution in [0, 0.1) is 0 Å². The minimum atomic E-state index is -0.00757. The molecule has 0 radical (unpaired) electrons. The normalized spacial score (nSPS) is 13.9. The van der Waals surface area contributed by atoms with Crippen molar-refractivity contribution in [3.05, 3.63) is 29.3 Å². The Labute approximate surface area is 114 Å². The summed E-state index contributed by atoms with van der Waals surface area (Å²) in [5.41, 5.74) is 2.91. The Morgan fingerprint density at radius 2 is 2.26 bits per heavy atom. The van der Waals surface area contributed by atoms with Crippen LogP contribution in [-0.4, -0.2) is 41.7 Å². The fraction of sp³-hybridized carbons (Fsp3) is 0.533. The highest BCUT2D eigenvalue weighted by molar-refractivity contribution is 6.00. The molecule has 4 nitrogen and oxygen atoms in total. The molecule has 0 unspecified atom stereocenters. The Morgan fingerprint density at radius 3 is 2.95 bits per heavy atom. The third-order valence-corrected chi connectivity index (χ3v) is 3.53. The second kappa shape index (κ2) is 6.06. The maximum Gasteiger partial charge on any atom is 0.256 e. The molecule has 0 atom stereocenters. The van der Waals surface area contributed by atoms with Crippen LogP contribution >= 0.6 is 0 Å². The van der Waals surface area contributed by atoms with Gasteiger partial charge in [0.1, 0.15) is 0 Å². The topological polar surface area (TPSA) is 52.6 Å². The number of benzene rings is 1. The zero-order valence-corrected chi connectivity index (χ0v) is 11.6. The van der Waals surface area contributed by atoms with Gasteiger partial charge in [0, 0.05) is 19.1 Å². The molecule has 0 saturated carbocycles. The number of hydrogen-bond acceptors (Lipinski definition) is 3. The lowest BCUT2D eigenvalue weighted by Crippen LogP contribution is -2.39. The number of aliphatic hydroxyl groups is 1. The van der Waals surface area contributed by atoms with Gasteiger partial charge in [-0.25, -0.2) is 0 Å². The van der Waals surface area contributed by atoms with Crippen LogP contribution in [0.2, 0.25) is 0 Å². The van der Waals surface area contributed by atoms with Gasteiger partial charge in [-0.05, 0) is 38.3 Å². The molecule has 1 aliphatic heterocycles. The van der Waals surface area contributed by atoms with Gasteiger partial charge in [0.2, 0.25) is 0 Å². The Kier molecular flexibility index (Phi) is 4.43. The lowest BCUT2D eigenvalue weighted by molar-refractivity contribution is 0.0666. The number of amides is 1. The highest BCUT2D eigenvalue weighted by Gasteiger charge is 2.23. The van der Waals surface area contributed by atoms with E-state index in [1.807, 2.05) is 26.0 Å². The molecule has 0 spiro atoms. The van der Waals surface area contributed by atoms with Crippen LogP contribution in [-0.2, 0) is 6.42 Å². The average molecular weight is 262 g/mol. The van der Waals surface area contributed by atoms with Crippen molar-refractivity contribution in [1.82, 2.24) is 4.90 Å². The summed E-state index contributed by atoms with van der Waals surface area (Å²) in [5, 5.41) is 12.4. The lowest BCUT2D eigenvalue weighted by atomic mass is 9.98. The predicted molar refractivity (Wildman–Crippen MR) is 76.5 cm³/mol. The first-order valence-electron chi connectivity index (χ1n) is 6.92. The fourth-order valence-electron chi connectivity index (χ4n) is 2.54. The van der Waals surface area contributed by atoms with Gasteiger partial charge in [-0.3, -0.25) is 4.79 Å². The van der Waals surface area contributed by atoms with Crippen molar-refractivity contribution in [1.29, 1.82) is 0 Å². The second-order valence-electron chi connectivity index (χ2n) is 5.19. The summed E-state index contributed by atoms with van der Waals surface area (Å²) >= 11 is 0. The molecule has 0 aromatic heterocycles. The number of aliphatic hydroxyl groups excluding tert-OH is 1. The van der Waals surface area contributed by atoms with E-state index in [1.165, 1.54) is 5.56 Å². The molecule has 1 heterocycles. The highest BCUT2D eigenvalue weighted by atomic mass is 16.3. The summed E-state index contributed by atoms with van der Waals surface area (Å²) in [4.78, 5) is 14.3. The van der Waals surface area contributed by atoms with Gasteiger partial charge in [-0.2, -0.15) is 0 Å². The summed E-state index contributed by atoms with van der Waals surface area (Å²) in [5.74, 6) is -0.00435. The number of para-hydroxylation sites is 1. The van der Waals surface area contributed by atoms with Gasteiger partial charge in [-0.1, -0.05) is 12.1 Å². The summed E-state index contributed by atoms with van der Waals surface area (Å²) in [6.45, 7) is 5.22. The van der Waals surface area contributed by atoms with Gasteiger partial charge >= 0.3 is 0 Å². The number of fused-ring (bicyclic) bond motifs is 1. The first-order chi connectivity index (χ1) is 9.15. The van der Waals surface area contributed by atoms with Crippen molar-refractivity contribution in [2.24, 2.45) is 0 Å². The van der Waals surface area contributed by atoms with Gasteiger partial charge < -0.3 is 15.3 Å². The van der Waals surface area contributed by atoms with E-state index in [9.17, 15) is 4.79 Å². The van der Waals surface area contributed by atoms with Crippen molar-refractivity contribution >= 4 is 11.6 Å². The van der Waals surface area contributed by atoms with Crippen molar-refractivity contribution in [2.45, 2.75) is 32.7 Å². The molecular weight excluding hydrogens is 240 g/mol. The van der Waals surface area contributed by atoms with Crippen LogP contribution in [0.25, 0.3) is 0 Å². The quantitative estimate of drug-likeness (QED) is 0.871. The standard InChI is InChI=1S/C15H22N2O2/c1-11(2)17(9-10-18)15(19)13-7-3-5-12-6-4-8-16-14(12)13/h3,5,7,11,16,18H,4,6,8-10H2,1-2H3.